The number of benzene rings is 1. The zero-order valence-electron chi connectivity index (χ0n) is 10.7. The minimum Gasteiger partial charge on any atom is -0.398 e. The molecule has 1 unspecified atom stereocenters. The number of nitriles is 1. The lowest BCUT2D eigenvalue weighted by molar-refractivity contribution is 0.0315. The van der Waals surface area contributed by atoms with Crippen LogP contribution >= 0.6 is 0 Å². The molecule has 0 saturated carbocycles. The fourth-order valence-corrected chi connectivity index (χ4v) is 2.22. The zero-order valence-corrected chi connectivity index (χ0v) is 10.7. The summed E-state index contributed by atoms with van der Waals surface area (Å²) in [6, 6.07) is 7.84. The molecule has 1 aromatic carbocycles. The Bertz CT molecular complexity index is 459. The molecule has 1 aliphatic rings. The van der Waals surface area contributed by atoms with Crippen LogP contribution in [0.2, 0.25) is 0 Å². The first kappa shape index (κ1) is 12.7. The van der Waals surface area contributed by atoms with Crippen LogP contribution in [0.15, 0.2) is 18.2 Å². The second-order valence-corrected chi connectivity index (χ2v) is 5.00. The second kappa shape index (κ2) is 5.28. The van der Waals surface area contributed by atoms with Crippen LogP contribution in [0, 0.1) is 11.3 Å². The van der Waals surface area contributed by atoms with E-state index >= 15 is 0 Å². The van der Waals surface area contributed by atoms with Crippen LogP contribution in [0.1, 0.15) is 25.3 Å². The van der Waals surface area contributed by atoms with E-state index in [1.54, 1.807) is 0 Å². The largest absolute Gasteiger partial charge is 0.398 e. The Morgan fingerprint density at radius 3 is 3.06 bits per heavy atom. The van der Waals surface area contributed by atoms with E-state index in [0.717, 1.165) is 37.2 Å². The summed E-state index contributed by atoms with van der Waals surface area (Å²) < 4.78 is 5.72. The Balaban J connectivity index is 2.01. The predicted octanol–water partition coefficient (Wildman–Crippen LogP) is 2.32. The molecule has 4 heteroatoms. The standard InChI is InChI=1S/C14H19N3O/c1-14(6-2-8-18-14)10-17-12-3-4-13(16)11(9-12)5-7-15/h3-4,9,17H,2,5-6,8,10,16H2,1H3. The van der Waals surface area contributed by atoms with E-state index in [1.165, 1.54) is 0 Å². The minimum absolute atomic E-state index is 0.0726. The molecule has 4 nitrogen and oxygen atoms in total. The van der Waals surface area contributed by atoms with Gasteiger partial charge in [-0.05, 0) is 43.5 Å². The second-order valence-electron chi connectivity index (χ2n) is 5.00. The van der Waals surface area contributed by atoms with E-state index in [-0.39, 0.29) is 5.60 Å². The molecule has 1 aliphatic heterocycles. The fourth-order valence-electron chi connectivity index (χ4n) is 2.22. The van der Waals surface area contributed by atoms with Gasteiger partial charge in [0, 0.05) is 24.5 Å². The summed E-state index contributed by atoms with van der Waals surface area (Å²) in [5.41, 5.74) is 8.28. The van der Waals surface area contributed by atoms with Crippen molar-refractivity contribution in [2.75, 3.05) is 24.2 Å². The maximum absolute atomic E-state index is 8.73. The Morgan fingerprint density at radius 2 is 2.39 bits per heavy atom. The van der Waals surface area contributed by atoms with Gasteiger partial charge in [0.05, 0.1) is 18.1 Å². The number of rotatable bonds is 4. The molecule has 96 valence electrons. The summed E-state index contributed by atoms with van der Waals surface area (Å²) >= 11 is 0. The Hall–Kier alpha value is -1.73. The van der Waals surface area contributed by atoms with Gasteiger partial charge in [0.2, 0.25) is 0 Å². The molecule has 1 heterocycles. The summed E-state index contributed by atoms with van der Waals surface area (Å²) in [4.78, 5) is 0. The van der Waals surface area contributed by atoms with Crippen LogP contribution in [0.25, 0.3) is 0 Å². The molecule has 0 bridgehead atoms. The topological polar surface area (TPSA) is 71.1 Å². The van der Waals surface area contributed by atoms with Crippen molar-refractivity contribution >= 4 is 11.4 Å². The highest BCUT2D eigenvalue weighted by Crippen LogP contribution is 2.26. The first-order valence-electron chi connectivity index (χ1n) is 6.26. The molecule has 0 amide bonds. The SMILES string of the molecule is CC1(CNc2ccc(N)c(CC#N)c2)CCCO1. The minimum atomic E-state index is -0.0726. The van der Waals surface area contributed by atoms with Crippen molar-refractivity contribution in [2.45, 2.75) is 31.8 Å². The van der Waals surface area contributed by atoms with E-state index in [2.05, 4.69) is 18.3 Å². The highest BCUT2D eigenvalue weighted by molar-refractivity contribution is 5.58. The van der Waals surface area contributed by atoms with Gasteiger partial charge in [0.25, 0.3) is 0 Å². The van der Waals surface area contributed by atoms with E-state index in [9.17, 15) is 0 Å². The lowest BCUT2D eigenvalue weighted by Crippen LogP contribution is -2.32. The summed E-state index contributed by atoms with van der Waals surface area (Å²) in [6.07, 6.45) is 2.55. The molecule has 0 radical (unpaired) electrons. The van der Waals surface area contributed by atoms with E-state index in [1.807, 2.05) is 18.2 Å². The van der Waals surface area contributed by atoms with Gasteiger partial charge in [0.15, 0.2) is 0 Å². The molecular formula is C14H19N3O. The van der Waals surface area contributed by atoms with Crippen LogP contribution in [-0.4, -0.2) is 18.8 Å². The maximum Gasteiger partial charge on any atom is 0.0826 e. The molecule has 0 spiro atoms. The van der Waals surface area contributed by atoms with Crippen LogP contribution in [0.3, 0.4) is 0 Å². The van der Waals surface area contributed by atoms with E-state index in [4.69, 9.17) is 15.7 Å². The number of anilines is 2. The van der Waals surface area contributed by atoms with Gasteiger partial charge in [-0.1, -0.05) is 0 Å². The van der Waals surface area contributed by atoms with Crippen molar-refractivity contribution in [1.82, 2.24) is 0 Å². The van der Waals surface area contributed by atoms with Gasteiger partial charge in [-0.2, -0.15) is 5.26 Å². The van der Waals surface area contributed by atoms with Crippen molar-refractivity contribution in [3.63, 3.8) is 0 Å². The summed E-state index contributed by atoms with van der Waals surface area (Å²) in [6.45, 7) is 3.75. The van der Waals surface area contributed by atoms with Crippen LogP contribution < -0.4 is 11.1 Å². The van der Waals surface area contributed by atoms with Gasteiger partial charge in [-0.3, -0.25) is 0 Å². The molecule has 3 N–H and O–H groups in total. The highest BCUT2D eigenvalue weighted by atomic mass is 16.5. The third-order valence-electron chi connectivity index (χ3n) is 3.38. The van der Waals surface area contributed by atoms with Gasteiger partial charge >= 0.3 is 0 Å². The number of nitrogen functional groups attached to an aromatic ring is 1. The zero-order chi connectivity index (χ0) is 13.0. The molecule has 0 aromatic heterocycles. The van der Waals surface area contributed by atoms with Crippen LogP contribution in [-0.2, 0) is 11.2 Å². The van der Waals surface area contributed by atoms with E-state index < -0.39 is 0 Å². The Kier molecular flexibility index (Phi) is 3.73. The number of hydrogen-bond acceptors (Lipinski definition) is 4. The molecule has 18 heavy (non-hydrogen) atoms. The predicted molar refractivity (Wildman–Crippen MR) is 72.3 cm³/mol. The third kappa shape index (κ3) is 2.93. The van der Waals surface area contributed by atoms with Gasteiger partial charge in [-0.15, -0.1) is 0 Å². The normalized spacial score (nSPS) is 22.7. The molecule has 0 aliphatic carbocycles. The van der Waals surface area contributed by atoms with Gasteiger partial charge < -0.3 is 15.8 Å². The van der Waals surface area contributed by atoms with E-state index in [0.29, 0.717) is 12.1 Å². The molecule has 1 atom stereocenters. The first-order valence-corrected chi connectivity index (χ1v) is 6.26. The summed E-state index contributed by atoms with van der Waals surface area (Å²) in [5.74, 6) is 0. The average molecular weight is 245 g/mol. The molecule has 1 aromatic rings. The number of nitrogens with two attached hydrogens (primary N) is 1. The smallest absolute Gasteiger partial charge is 0.0826 e. The summed E-state index contributed by atoms with van der Waals surface area (Å²) in [7, 11) is 0. The van der Waals surface area contributed by atoms with Crippen molar-refractivity contribution in [2.24, 2.45) is 0 Å². The number of nitrogens with zero attached hydrogens (tertiary/aromatic N) is 1. The van der Waals surface area contributed by atoms with Crippen LogP contribution in [0.4, 0.5) is 11.4 Å². The molecule has 1 saturated heterocycles. The number of nitrogens with one attached hydrogen (secondary N) is 1. The van der Waals surface area contributed by atoms with Crippen molar-refractivity contribution in [1.29, 1.82) is 5.26 Å². The van der Waals surface area contributed by atoms with Crippen molar-refractivity contribution in [3.05, 3.63) is 23.8 Å². The lowest BCUT2D eigenvalue weighted by Gasteiger charge is -2.24. The maximum atomic E-state index is 8.73. The number of hydrogen-bond donors (Lipinski definition) is 2. The molecular weight excluding hydrogens is 226 g/mol. The van der Waals surface area contributed by atoms with Crippen LogP contribution in [0.5, 0.6) is 0 Å². The van der Waals surface area contributed by atoms with Gasteiger partial charge in [-0.25, -0.2) is 0 Å². The number of ether oxygens (including phenoxy) is 1. The Labute approximate surface area is 108 Å². The van der Waals surface area contributed by atoms with Crippen molar-refractivity contribution < 1.29 is 4.74 Å². The third-order valence-corrected chi connectivity index (χ3v) is 3.38. The van der Waals surface area contributed by atoms with Crippen molar-refractivity contribution in [3.8, 4) is 6.07 Å². The monoisotopic (exact) mass is 245 g/mol. The van der Waals surface area contributed by atoms with Gasteiger partial charge in [0.1, 0.15) is 0 Å². The fraction of sp³-hybridized carbons (Fsp3) is 0.500. The highest BCUT2D eigenvalue weighted by Gasteiger charge is 2.29. The quantitative estimate of drug-likeness (QED) is 0.798. The Morgan fingerprint density at radius 1 is 1.56 bits per heavy atom. The lowest BCUT2D eigenvalue weighted by atomic mass is 10.0. The first-order chi connectivity index (χ1) is 8.63. The summed E-state index contributed by atoms with van der Waals surface area (Å²) in [5, 5.41) is 12.1. The molecule has 2 rings (SSSR count). The average Bonchev–Trinajstić information content (AvgIpc) is 2.78. The molecule has 1 fully saturated rings.